The summed E-state index contributed by atoms with van der Waals surface area (Å²) < 4.78 is 15.7. The van der Waals surface area contributed by atoms with Gasteiger partial charge in [0, 0.05) is 7.05 Å². The van der Waals surface area contributed by atoms with Gasteiger partial charge in [0.05, 0.1) is 16.6 Å². The lowest BCUT2D eigenvalue weighted by atomic mass is 10.2. The first kappa shape index (κ1) is 15.7. The van der Waals surface area contributed by atoms with E-state index >= 15 is 0 Å². The van der Waals surface area contributed by atoms with Gasteiger partial charge in [-0.15, -0.1) is 0 Å². The number of rotatable bonds is 3. The molecule has 6 nitrogen and oxygen atoms in total. The molecule has 3 aromatic rings. The van der Waals surface area contributed by atoms with Crippen LogP contribution in [0.3, 0.4) is 0 Å². The zero-order valence-corrected chi connectivity index (χ0v) is 12.8. The van der Waals surface area contributed by atoms with Crippen molar-refractivity contribution in [2.24, 2.45) is 7.05 Å². The summed E-state index contributed by atoms with van der Waals surface area (Å²) in [6.45, 7) is -0.332. The van der Waals surface area contributed by atoms with Crippen molar-refractivity contribution < 1.29 is 9.18 Å². The lowest BCUT2D eigenvalue weighted by Gasteiger charge is -2.12. The molecule has 0 saturated carbocycles. The minimum Gasteiger partial charge on any atom is -0.322 e. The summed E-state index contributed by atoms with van der Waals surface area (Å²) in [7, 11) is 1.35. The molecule has 3 rings (SSSR count). The smallest absolute Gasteiger partial charge is 0.322 e. The third kappa shape index (κ3) is 2.71. The molecule has 0 fully saturated rings. The maximum absolute atomic E-state index is 13.6. The van der Waals surface area contributed by atoms with Crippen molar-refractivity contribution in [3.05, 3.63) is 75.2 Å². The van der Waals surface area contributed by atoms with E-state index < -0.39 is 23.0 Å². The molecule has 0 aliphatic rings. The van der Waals surface area contributed by atoms with Crippen molar-refractivity contribution in [3.8, 4) is 0 Å². The fourth-order valence-electron chi connectivity index (χ4n) is 2.49. The largest absolute Gasteiger partial charge is 0.331 e. The van der Waals surface area contributed by atoms with Gasteiger partial charge in [-0.05, 0) is 24.3 Å². The zero-order valence-electron chi connectivity index (χ0n) is 12.8. The van der Waals surface area contributed by atoms with Crippen LogP contribution < -0.4 is 16.6 Å². The molecule has 24 heavy (non-hydrogen) atoms. The minimum atomic E-state index is -0.609. The number of benzene rings is 2. The predicted octanol–water partition coefficient (Wildman–Crippen LogP) is 1.48. The number of carbonyl (C=O) groups is 1. The monoisotopic (exact) mass is 327 g/mol. The first-order valence-corrected chi connectivity index (χ1v) is 7.22. The van der Waals surface area contributed by atoms with E-state index in [1.54, 1.807) is 30.3 Å². The van der Waals surface area contributed by atoms with E-state index in [4.69, 9.17) is 0 Å². The van der Waals surface area contributed by atoms with Crippen molar-refractivity contribution in [3.63, 3.8) is 0 Å². The van der Waals surface area contributed by atoms with Crippen LogP contribution in [0.2, 0.25) is 0 Å². The number of nitrogens with zero attached hydrogens (tertiary/aromatic N) is 2. The molecule has 1 aromatic heterocycles. The predicted molar refractivity (Wildman–Crippen MR) is 88.5 cm³/mol. The Morgan fingerprint density at radius 3 is 2.50 bits per heavy atom. The third-order valence-corrected chi connectivity index (χ3v) is 3.70. The molecule has 0 saturated heterocycles. The second-order valence-electron chi connectivity index (χ2n) is 5.28. The zero-order chi connectivity index (χ0) is 17.3. The molecular weight excluding hydrogens is 313 g/mol. The molecule has 0 unspecified atom stereocenters. The van der Waals surface area contributed by atoms with Crippen LogP contribution in [0.15, 0.2) is 58.1 Å². The van der Waals surface area contributed by atoms with Crippen LogP contribution in [0.1, 0.15) is 0 Å². The van der Waals surface area contributed by atoms with Gasteiger partial charge in [-0.1, -0.05) is 24.3 Å². The Morgan fingerprint density at radius 2 is 1.75 bits per heavy atom. The number of nitrogens with one attached hydrogen (secondary N) is 1. The van der Waals surface area contributed by atoms with Gasteiger partial charge in [-0.25, -0.2) is 9.18 Å². The Balaban J connectivity index is 2.02. The normalized spacial score (nSPS) is 10.8. The molecule has 1 N–H and O–H groups in total. The number of hydrogen-bond donors (Lipinski definition) is 1. The fourth-order valence-corrected chi connectivity index (χ4v) is 2.49. The van der Waals surface area contributed by atoms with Crippen LogP contribution in [0.5, 0.6) is 0 Å². The molecule has 7 heteroatoms. The average Bonchev–Trinajstić information content (AvgIpc) is 2.59. The number of carbonyl (C=O) groups excluding carboxylic acids is 1. The Labute approximate surface area is 135 Å². The Bertz CT molecular complexity index is 1050. The highest BCUT2D eigenvalue weighted by Crippen LogP contribution is 2.13. The van der Waals surface area contributed by atoms with Crippen molar-refractivity contribution in [1.82, 2.24) is 9.13 Å². The summed E-state index contributed by atoms with van der Waals surface area (Å²) in [6, 6.07) is 12.3. The number of halogens is 1. The van der Waals surface area contributed by atoms with E-state index in [1.807, 2.05) is 0 Å². The van der Waals surface area contributed by atoms with Gasteiger partial charge in [0.2, 0.25) is 5.91 Å². The van der Waals surface area contributed by atoms with E-state index in [0.29, 0.717) is 10.9 Å². The second kappa shape index (κ2) is 6.11. The lowest BCUT2D eigenvalue weighted by Crippen LogP contribution is -2.40. The molecular formula is C17H14FN3O3. The maximum atomic E-state index is 13.6. The molecule has 0 atom stereocenters. The van der Waals surface area contributed by atoms with Gasteiger partial charge >= 0.3 is 5.69 Å². The van der Waals surface area contributed by atoms with Crippen molar-refractivity contribution in [2.75, 3.05) is 5.32 Å². The van der Waals surface area contributed by atoms with E-state index in [2.05, 4.69) is 5.32 Å². The van der Waals surface area contributed by atoms with Crippen LogP contribution >= 0.6 is 0 Å². The van der Waals surface area contributed by atoms with Gasteiger partial charge in [0.15, 0.2) is 0 Å². The number of amides is 1. The molecule has 0 radical (unpaired) electrons. The summed E-state index contributed by atoms with van der Waals surface area (Å²) in [5, 5.41) is 2.76. The first-order chi connectivity index (χ1) is 11.5. The number of para-hydroxylation sites is 2. The summed E-state index contributed by atoms with van der Waals surface area (Å²) >= 11 is 0. The van der Waals surface area contributed by atoms with Crippen LogP contribution in [0.25, 0.3) is 10.9 Å². The maximum Gasteiger partial charge on any atom is 0.331 e. The molecule has 1 heterocycles. The topological polar surface area (TPSA) is 73.1 Å². The Kier molecular flexibility index (Phi) is 3.99. The molecule has 122 valence electrons. The molecule has 1 amide bonds. The van der Waals surface area contributed by atoms with Crippen LogP contribution in [-0.4, -0.2) is 15.0 Å². The molecule has 2 aromatic carbocycles. The number of fused-ring (bicyclic) bond motifs is 1. The van der Waals surface area contributed by atoms with Gasteiger partial charge in [0.25, 0.3) is 5.56 Å². The summed E-state index contributed by atoms with van der Waals surface area (Å²) in [6.07, 6.45) is 0. The Hall–Kier alpha value is -3.22. The lowest BCUT2D eigenvalue weighted by molar-refractivity contribution is -0.116. The first-order valence-electron chi connectivity index (χ1n) is 7.22. The summed E-state index contributed by atoms with van der Waals surface area (Å²) in [4.78, 5) is 36.7. The van der Waals surface area contributed by atoms with E-state index in [-0.39, 0.29) is 12.2 Å². The highest BCUT2D eigenvalue weighted by Gasteiger charge is 2.14. The highest BCUT2D eigenvalue weighted by atomic mass is 19.1. The van der Waals surface area contributed by atoms with Gasteiger partial charge in [-0.2, -0.15) is 0 Å². The standard InChI is InChI=1S/C17H14FN3O3/c1-20-16(23)11-6-2-5-9-14(11)21(17(20)24)10-15(22)19-13-8-4-3-7-12(13)18/h2-9H,10H2,1H3,(H,19,22). The number of aromatic nitrogens is 2. The molecule has 0 bridgehead atoms. The third-order valence-electron chi connectivity index (χ3n) is 3.70. The Morgan fingerprint density at radius 1 is 1.08 bits per heavy atom. The molecule has 0 spiro atoms. The fraction of sp³-hybridized carbons (Fsp3) is 0.118. The second-order valence-corrected chi connectivity index (χ2v) is 5.28. The van der Waals surface area contributed by atoms with E-state index in [0.717, 1.165) is 4.57 Å². The number of hydrogen-bond acceptors (Lipinski definition) is 3. The quantitative estimate of drug-likeness (QED) is 0.792. The van der Waals surface area contributed by atoms with Crippen molar-refractivity contribution in [1.29, 1.82) is 0 Å². The van der Waals surface area contributed by atoms with Gasteiger partial charge in [0.1, 0.15) is 12.4 Å². The average molecular weight is 327 g/mol. The van der Waals surface area contributed by atoms with Crippen LogP contribution in [-0.2, 0) is 18.4 Å². The summed E-state index contributed by atoms with van der Waals surface area (Å²) in [5.41, 5.74) is -0.650. The van der Waals surface area contributed by atoms with E-state index in [1.165, 1.54) is 29.8 Å². The van der Waals surface area contributed by atoms with Crippen LogP contribution in [0, 0.1) is 5.82 Å². The van der Waals surface area contributed by atoms with E-state index in [9.17, 15) is 18.8 Å². The van der Waals surface area contributed by atoms with Crippen molar-refractivity contribution >= 4 is 22.5 Å². The van der Waals surface area contributed by atoms with Gasteiger partial charge < -0.3 is 5.32 Å². The molecule has 0 aliphatic heterocycles. The number of anilines is 1. The van der Waals surface area contributed by atoms with Gasteiger partial charge in [-0.3, -0.25) is 18.7 Å². The molecule has 0 aliphatic carbocycles. The minimum absolute atomic E-state index is 0.0321. The van der Waals surface area contributed by atoms with Crippen molar-refractivity contribution in [2.45, 2.75) is 6.54 Å². The van der Waals surface area contributed by atoms with Crippen LogP contribution in [0.4, 0.5) is 10.1 Å². The highest BCUT2D eigenvalue weighted by molar-refractivity contribution is 5.91. The summed E-state index contributed by atoms with van der Waals surface area (Å²) in [5.74, 6) is -1.13. The SMILES string of the molecule is Cn1c(=O)c2ccccc2n(CC(=O)Nc2ccccc2F)c1=O.